The largest absolute Gasteiger partial charge is 0.396 e. The van der Waals surface area contributed by atoms with Gasteiger partial charge in [0.15, 0.2) is 0 Å². The fourth-order valence-corrected chi connectivity index (χ4v) is 0.467. The average Bonchev–Trinajstić information content (AvgIpc) is 1.83. The predicted molar refractivity (Wildman–Crippen MR) is 30.7 cm³/mol. The molecule has 3 nitrogen and oxygen atoms in total. The lowest BCUT2D eigenvalue weighted by Gasteiger charge is -2.07. The third-order valence-electron chi connectivity index (χ3n) is 1.22. The van der Waals surface area contributed by atoms with E-state index in [4.69, 9.17) is 10.3 Å². The molecular weight excluding hydrogens is 106 g/mol. The Morgan fingerprint density at radius 2 is 2.25 bits per heavy atom. The fourth-order valence-electron chi connectivity index (χ4n) is 0.467. The second kappa shape index (κ2) is 5.03. The zero-order chi connectivity index (χ0) is 6.41. The molecule has 0 aliphatic carbocycles. The lowest BCUT2D eigenvalue weighted by molar-refractivity contribution is 0.123. The van der Waals surface area contributed by atoms with E-state index < -0.39 is 0 Å². The second-order valence-corrected chi connectivity index (χ2v) is 1.82. The number of aliphatic hydroxyl groups is 1. The van der Waals surface area contributed by atoms with E-state index in [9.17, 15) is 0 Å². The van der Waals surface area contributed by atoms with Crippen molar-refractivity contribution in [2.24, 2.45) is 5.92 Å². The van der Waals surface area contributed by atoms with Crippen LogP contribution in [-0.2, 0) is 0 Å². The molecule has 3 heteroatoms. The van der Waals surface area contributed by atoms with Crippen LogP contribution in [0.25, 0.3) is 0 Å². The normalized spacial score (nSPS) is 13.9. The van der Waals surface area contributed by atoms with Gasteiger partial charge in [0.05, 0.1) is 0 Å². The second-order valence-electron chi connectivity index (χ2n) is 1.82. The number of nitrogens with one attached hydrogen (secondary N) is 1. The summed E-state index contributed by atoms with van der Waals surface area (Å²) in [5.74, 6) is 0.194. The van der Waals surface area contributed by atoms with E-state index in [1.165, 1.54) is 0 Å². The van der Waals surface area contributed by atoms with Crippen molar-refractivity contribution < 1.29 is 10.3 Å². The van der Waals surface area contributed by atoms with Crippen LogP contribution < -0.4 is 5.48 Å². The summed E-state index contributed by atoms with van der Waals surface area (Å²) in [6.07, 6.45) is 0.893. The quantitative estimate of drug-likeness (QED) is 0.456. The highest BCUT2D eigenvalue weighted by Gasteiger charge is 2.00. The molecule has 0 aromatic heterocycles. The summed E-state index contributed by atoms with van der Waals surface area (Å²) in [5, 5.41) is 16.6. The van der Waals surface area contributed by atoms with E-state index in [0.717, 1.165) is 6.42 Å². The Kier molecular flexibility index (Phi) is 4.95. The Bertz CT molecular complexity index is 45.7. The van der Waals surface area contributed by atoms with Crippen molar-refractivity contribution in [2.75, 3.05) is 13.2 Å². The van der Waals surface area contributed by atoms with Gasteiger partial charge in [-0.2, -0.15) is 0 Å². The number of hydroxylamine groups is 1. The first kappa shape index (κ1) is 7.88. The Morgan fingerprint density at radius 1 is 1.62 bits per heavy atom. The van der Waals surface area contributed by atoms with Crippen LogP contribution >= 0.6 is 0 Å². The van der Waals surface area contributed by atoms with E-state index in [-0.39, 0.29) is 12.5 Å². The average molecular weight is 119 g/mol. The van der Waals surface area contributed by atoms with Gasteiger partial charge in [0.2, 0.25) is 0 Å². The SMILES string of the molecule is CCC(CO)CNO. The third kappa shape index (κ3) is 2.96. The summed E-state index contributed by atoms with van der Waals surface area (Å²) in [5.41, 5.74) is 2.01. The van der Waals surface area contributed by atoms with Gasteiger partial charge in [-0.1, -0.05) is 6.92 Å². The van der Waals surface area contributed by atoms with Crippen LogP contribution in [0.5, 0.6) is 0 Å². The molecule has 0 aromatic carbocycles. The van der Waals surface area contributed by atoms with Crippen molar-refractivity contribution in [3.05, 3.63) is 0 Å². The number of rotatable bonds is 4. The predicted octanol–water partition coefficient (Wildman–Crippen LogP) is -0.0163. The van der Waals surface area contributed by atoms with Gasteiger partial charge in [0, 0.05) is 13.2 Å². The molecule has 50 valence electrons. The van der Waals surface area contributed by atoms with Crippen molar-refractivity contribution in [1.82, 2.24) is 5.48 Å². The Hall–Kier alpha value is -0.120. The van der Waals surface area contributed by atoms with E-state index in [1.807, 2.05) is 12.4 Å². The molecule has 8 heavy (non-hydrogen) atoms. The molecule has 0 bridgehead atoms. The topological polar surface area (TPSA) is 52.5 Å². The molecule has 0 amide bonds. The lowest BCUT2D eigenvalue weighted by Crippen LogP contribution is -2.21. The van der Waals surface area contributed by atoms with Crippen LogP contribution in [-0.4, -0.2) is 23.5 Å². The first-order valence-electron chi connectivity index (χ1n) is 2.83. The maximum absolute atomic E-state index is 8.51. The van der Waals surface area contributed by atoms with Crippen LogP contribution in [0.15, 0.2) is 0 Å². The Balaban J connectivity index is 3.07. The molecule has 0 aliphatic heterocycles. The van der Waals surface area contributed by atoms with Gasteiger partial charge < -0.3 is 10.3 Å². The monoisotopic (exact) mass is 119 g/mol. The number of aliphatic hydroxyl groups excluding tert-OH is 1. The summed E-state index contributed by atoms with van der Waals surface area (Å²) < 4.78 is 0. The molecule has 3 N–H and O–H groups in total. The molecule has 1 unspecified atom stereocenters. The number of hydrogen-bond donors (Lipinski definition) is 3. The summed E-state index contributed by atoms with van der Waals surface area (Å²) in [6.45, 7) is 2.59. The highest BCUT2D eigenvalue weighted by atomic mass is 16.5. The van der Waals surface area contributed by atoms with Crippen molar-refractivity contribution in [3.8, 4) is 0 Å². The minimum absolute atomic E-state index is 0.143. The molecule has 0 radical (unpaired) electrons. The van der Waals surface area contributed by atoms with Crippen molar-refractivity contribution in [3.63, 3.8) is 0 Å². The minimum atomic E-state index is 0.143. The van der Waals surface area contributed by atoms with Crippen molar-refractivity contribution in [1.29, 1.82) is 0 Å². The molecule has 0 fully saturated rings. The molecule has 0 saturated carbocycles. The zero-order valence-electron chi connectivity index (χ0n) is 5.09. The van der Waals surface area contributed by atoms with Crippen molar-refractivity contribution in [2.45, 2.75) is 13.3 Å². The van der Waals surface area contributed by atoms with Gasteiger partial charge in [-0.15, -0.1) is 0 Å². The molecule has 0 rings (SSSR count). The van der Waals surface area contributed by atoms with Crippen LogP contribution in [0, 0.1) is 5.92 Å². The van der Waals surface area contributed by atoms with E-state index in [1.54, 1.807) is 0 Å². The number of hydrogen-bond acceptors (Lipinski definition) is 3. The van der Waals surface area contributed by atoms with Crippen LogP contribution in [0.1, 0.15) is 13.3 Å². The zero-order valence-corrected chi connectivity index (χ0v) is 5.09. The molecule has 0 heterocycles. The summed E-state index contributed by atoms with van der Waals surface area (Å²) in [7, 11) is 0. The van der Waals surface area contributed by atoms with Gasteiger partial charge in [-0.3, -0.25) is 0 Å². The van der Waals surface area contributed by atoms with Gasteiger partial charge >= 0.3 is 0 Å². The van der Waals surface area contributed by atoms with Crippen LogP contribution in [0.3, 0.4) is 0 Å². The first-order valence-corrected chi connectivity index (χ1v) is 2.83. The lowest BCUT2D eigenvalue weighted by atomic mass is 10.1. The molecule has 0 spiro atoms. The highest BCUT2D eigenvalue weighted by Crippen LogP contribution is 1.96. The van der Waals surface area contributed by atoms with Gasteiger partial charge in [-0.25, -0.2) is 5.48 Å². The molecule has 0 saturated heterocycles. The van der Waals surface area contributed by atoms with Gasteiger partial charge in [0.1, 0.15) is 0 Å². The fraction of sp³-hybridized carbons (Fsp3) is 1.00. The standard InChI is InChI=1S/C5H13NO2/c1-2-5(4-7)3-6-8/h5-8H,2-4H2,1H3. The Labute approximate surface area is 49.3 Å². The molecule has 0 aliphatic rings. The highest BCUT2D eigenvalue weighted by molar-refractivity contribution is 4.53. The summed E-state index contributed by atoms with van der Waals surface area (Å²) >= 11 is 0. The van der Waals surface area contributed by atoms with Crippen molar-refractivity contribution >= 4 is 0 Å². The van der Waals surface area contributed by atoms with E-state index in [0.29, 0.717) is 6.54 Å². The smallest absolute Gasteiger partial charge is 0.0472 e. The van der Waals surface area contributed by atoms with E-state index in [2.05, 4.69) is 0 Å². The third-order valence-corrected chi connectivity index (χ3v) is 1.22. The maximum Gasteiger partial charge on any atom is 0.0472 e. The maximum atomic E-state index is 8.51. The van der Waals surface area contributed by atoms with E-state index >= 15 is 0 Å². The molecule has 0 aromatic rings. The first-order chi connectivity index (χ1) is 3.85. The minimum Gasteiger partial charge on any atom is -0.396 e. The molecular formula is C5H13NO2. The molecule has 1 atom stereocenters. The summed E-state index contributed by atoms with van der Waals surface area (Å²) in [6, 6.07) is 0. The van der Waals surface area contributed by atoms with Crippen LogP contribution in [0.2, 0.25) is 0 Å². The van der Waals surface area contributed by atoms with Gasteiger partial charge in [0.25, 0.3) is 0 Å². The summed E-state index contributed by atoms with van der Waals surface area (Å²) in [4.78, 5) is 0. The van der Waals surface area contributed by atoms with Gasteiger partial charge in [-0.05, 0) is 12.3 Å². The van der Waals surface area contributed by atoms with Crippen LogP contribution in [0.4, 0.5) is 0 Å². The Morgan fingerprint density at radius 3 is 2.38 bits per heavy atom.